The van der Waals surface area contributed by atoms with E-state index < -0.39 is 0 Å². The van der Waals surface area contributed by atoms with Gasteiger partial charge in [-0.25, -0.2) is 4.39 Å². The number of nitrogens with zero attached hydrogens (tertiary/aromatic N) is 4. The Hall–Kier alpha value is -2.24. The summed E-state index contributed by atoms with van der Waals surface area (Å²) in [5.41, 5.74) is 6.87. The first-order valence-electron chi connectivity index (χ1n) is 5.43. The second-order valence-corrected chi connectivity index (χ2v) is 4.19. The highest BCUT2D eigenvalue weighted by Gasteiger charge is 2.12. The summed E-state index contributed by atoms with van der Waals surface area (Å²) < 4.78 is 13.8. The Morgan fingerprint density at radius 3 is 2.56 bits per heavy atom. The normalized spacial score (nSPS) is 10.4. The van der Waals surface area contributed by atoms with Gasteiger partial charge in [-0.05, 0) is 19.1 Å². The lowest BCUT2D eigenvalue weighted by Crippen LogP contribution is -2.15. The molecule has 1 aromatic carbocycles. The van der Waals surface area contributed by atoms with Gasteiger partial charge in [-0.3, -0.25) is 0 Å². The third-order valence-corrected chi connectivity index (χ3v) is 2.40. The molecule has 18 heavy (non-hydrogen) atoms. The van der Waals surface area contributed by atoms with E-state index in [4.69, 9.17) is 5.73 Å². The van der Waals surface area contributed by atoms with Crippen LogP contribution in [0.5, 0.6) is 0 Å². The van der Waals surface area contributed by atoms with Crippen LogP contribution in [0.25, 0.3) is 11.4 Å². The maximum Gasteiger partial charge on any atom is 0.230 e. The SMILES string of the molecule is Cc1ccc(F)c(-c2nc(N)nc(N(C)C)n2)c1. The van der Waals surface area contributed by atoms with E-state index in [0.717, 1.165) is 5.56 Å². The van der Waals surface area contributed by atoms with Crippen LogP contribution >= 0.6 is 0 Å². The quantitative estimate of drug-likeness (QED) is 0.873. The number of nitrogen functional groups attached to an aromatic ring is 1. The second-order valence-electron chi connectivity index (χ2n) is 4.19. The second kappa shape index (κ2) is 4.56. The summed E-state index contributed by atoms with van der Waals surface area (Å²) in [5.74, 6) is 0.339. The molecule has 5 nitrogen and oxygen atoms in total. The molecule has 1 aromatic heterocycles. The van der Waals surface area contributed by atoms with Crippen LogP contribution in [0, 0.1) is 12.7 Å². The van der Waals surface area contributed by atoms with Gasteiger partial charge < -0.3 is 10.6 Å². The first-order chi connectivity index (χ1) is 8.47. The zero-order valence-corrected chi connectivity index (χ0v) is 10.5. The van der Waals surface area contributed by atoms with Crippen LogP contribution in [0.4, 0.5) is 16.3 Å². The number of hydrogen-bond acceptors (Lipinski definition) is 5. The molecule has 0 unspecified atom stereocenters. The molecule has 0 bridgehead atoms. The summed E-state index contributed by atoms with van der Waals surface area (Å²) in [7, 11) is 3.57. The molecule has 0 atom stereocenters. The summed E-state index contributed by atoms with van der Waals surface area (Å²) in [4.78, 5) is 13.8. The molecule has 6 heteroatoms. The maximum absolute atomic E-state index is 13.8. The summed E-state index contributed by atoms with van der Waals surface area (Å²) in [6.45, 7) is 1.88. The van der Waals surface area contributed by atoms with Crippen LogP contribution in [0.2, 0.25) is 0 Å². The van der Waals surface area contributed by atoms with E-state index in [2.05, 4.69) is 15.0 Å². The van der Waals surface area contributed by atoms with Crippen molar-refractivity contribution in [1.29, 1.82) is 0 Å². The topological polar surface area (TPSA) is 67.9 Å². The van der Waals surface area contributed by atoms with Gasteiger partial charge in [-0.15, -0.1) is 0 Å². The number of anilines is 2. The maximum atomic E-state index is 13.8. The van der Waals surface area contributed by atoms with E-state index in [9.17, 15) is 4.39 Å². The summed E-state index contributed by atoms with van der Waals surface area (Å²) >= 11 is 0. The Morgan fingerprint density at radius 1 is 1.17 bits per heavy atom. The molecule has 94 valence electrons. The van der Waals surface area contributed by atoms with E-state index >= 15 is 0 Å². The number of aryl methyl sites for hydroxylation is 1. The number of halogens is 1. The van der Waals surface area contributed by atoms with Crippen molar-refractivity contribution in [3.05, 3.63) is 29.6 Å². The van der Waals surface area contributed by atoms with Gasteiger partial charge in [0.05, 0.1) is 5.56 Å². The van der Waals surface area contributed by atoms with Crippen molar-refractivity contribution in [3.8, 4) is 11.4 Å². The van der Waals surface area contributed by atoms with Gasteiger partial charge in [-0.2, -0.15) is 15.0 Å². The van der Waals surface area contributed by atoms with Gasteiger partial charge >= 0.3 is 0 Å². The fourth-order valence-corrected chi connectivity index (χ4v) is 1.51. The third-order valence-electron chi connectivity index (χ3n) is 2.40. The molecule has 2 N–H and O–H groups in total. The van der Waals surface area contributed by atoms with Crippen LogP contribution in [0.1, 0.15) is 5.56 Å². The smallest absolute Gasteiger partial charge is 0.230 e. The van der Waals surface area contributed by atoms with Crippen LogP contribution in [-0.2, 0) is 0 Å². The third kappa shape index (κ3) is 2.37. The first kappa shape index (κ1) is 12.2. The van der Waals surface area contributed by atoms with Gasteiger partial charge in [0.1, 0.15) is 5.82 Å². The molecule has 2 rings (SSSR count). The highest BCUT2D eigenvalue weighted by atomic mass is 19.1. The van der Waals surface area contributed by atoms with E-state index in [1.165, 1.54) is 6.07 Å². The van der Waals surface area contributed by atoms with Crippen molar-refractivity contribution in [2.24, 2.45) is 0 Å². The zero-order valence-electron chi connectivity index (χ0n) is 10.5. The van der Waals surface area contributed by atoms with Crippen LogP contribution in [0.15, 0.2) is 18.2 Å². The predicted molar refractivity (Wildman–Crippen MR) is 68.7 cm³/mol. The summed E-state index contributed by atoms with van der Waals surface area (Å²) in [6.07, 6.45) is 0. The standard InChI is InChI=1S/C12H14FN5/c1-7-4-5-9(13)8(6-7)10-15-11(14)17-12(16-10)18(2)3/h4-6H,1-3H3,(H2,14,15,16,17). The minimum Gasteiger partial charge on any atom is -0.368 e. The van der Waals surface area contributed by atoms with E-state index in [0.29, 0.717) is 11.5 Å². The Balaban J connectivity index is 2.60. The molecule has 0 saturated heterocycles. The van der Waals surface area contributed by atoms with Gasteiger partial charge in [0, 0.05) is 14.1 Å². The van der Waals surface area contributed by atoms with Gasteiger partial charge in [0.25, 0.3) is 0 Å². The number of rotatable bonds is 2. The van der Waals surface area contributed by atoms with Crippen molar-refractivity contribution < 1.29 is 4.39 Å². The average Bonchev–Trinajstić information content (AvgIpc) is 2.31. The number of nitrogens with two attached hydrogens (primary N) is 1. The highest BCUT2D eigenvalue weighted by Crippen LogP contribution is 2.22. The molecule has 0 amide bonds. The van der Waals surface area contributed by atoms with Crippen molar-refractivity contribution in [1.82, 2.24) is 15.0 Å². The monoisotopic (exact) mass is 247 g/mol. The largest absolute Gasteiger partial charge is 0.368 e. The fourth-order valence-electron chi connectivity index (χ4n) is 1.51. The number of hydrogen-bond donors (Lipinski definition) is 1. The fraction of sp³-hybridized carbons (Fsp3) is 0.250. The molecule has 0 spiro atoms. The van der Waals surface area contributed by atoms with Crippen LogP contribution in [0.3, 0.4) is 0 Å². The summed E-state index contributed by atoms with van der Waals surface area (Å²) in [6, 6.07) is 4.76. The van der Waals surface area contributed by atoms with Crippen molar-refractivity contribution in [2.75, 3.05) is 24.7 Å². The molecule has 0 aliphatic carbocycles. The van der Waals surface area contributed by atoms with Crippen LogP contribution in [-0.4, -0.2) is 29.0 Å². The molecule has 2 aromatic rings. The van der Waals surface area contributed by atoms with Gasteiger partial charge in [-0.1, -0.05) is 11.6 Å². The first-order valence-corrected chi connectivity index (χ1v) is 5.43. The Kier molecular flexibility index (Phi) is 3.10. The van der Waals surface area contributed by atoms with E-state index in [-0.39, 0.29) is 17.6 Å². The highest BCUT2D eigenvalue weighted by molar-refractivity contribution is 5.59. The van der Waals surface area contributed by atoms with Crippen molar-refractivity contribution in [3.63, 3.8) is 0 Å². The molecule has 0 aliphatic heterocycles. The van der Waals surface area contributed by atoms with Crippen LogP contribution < -0.4 is 10.6 Å². The molecule has 0 radical (unpaired) electrons. The minimum atomic E-state index is -0.379. The molecule has 0 aliphatic rings. The average molecular weight is 247 g/mol. The lowest BCUT2D eigenvalue weighted by atomic mass is 10.1. The van der Waals surface area contributed by atoms with Crippen molar-refractivity contribution >= 4 is 11.9 Å². The molecule has 0 fully saturated rings. The van der Waals surface area contributed by atoms with Gasteiger partial charge in [0.15, 0.2) is 5.82 Å². The lowest BCUT2D eigenvalue weighted by molar-refractivity contribution is 0.629. The molecular weight excluding hydrogens is 233 g/mol. The van der Waals surface area contributed by atoms with Crippen molar-refractivity contribution in [2.45, 2.75) is 6.92 Å². The molecular formula is C12H14FN5. The Bertz CT molecular complexity index is 583. The predicted octanol–water partition coefficient (Wildman–Crippen LogP) is 1.63. The number of aromatic nitrogens is 3. The molecule has 1 heterocycles. The Labute approximate surface area is 105 Å². The molecule has 0 saturated carbocycles. The number of benzene rings is 1. The lowest BCUT2D eigenvalue weighted by Gasteiger charge is -2.11. The van der Waals surface area contributed by atoms with E-state index in [1.807, 2.05) is 6.92 Å². The summed E-state index contributed by atoms with van der Waals surface area (Å²) in [5, 5.41) is 0. The minimum absolute atomic E-state index is 0.0737. The zero-order chi connectivity index (χ0) is 13.3. The van der Waals surface area contributed by atoms with E-state index in [1.54, 1.807) is 31.1 Å². The van der Waals surface area contributed by atoms with Gasteiger partial charge in [0.2, 0.25) is 11.9 Å². The Morgan fingerprint density at radius 2 is 1.89 bits per heavy atom.